The van der Waals surface area contributed by atoms with E-state index in [1.807, 2.05) is 0 Å². The van der Waals surface area contributed by atoms with E-state index in [1.54, 1.807) is 26.2 Å². The van der Waals surface area contributed by atoms with Gasteiger partial charge in [0.1, 0.15) is 0 Å². The fourth-order valence-corrected chi connectivity index (χ4v) is 8.71. The quantitative estimate of drug-likeness (QED) is 0.366. The third-order valence-electron chi connectivity index (χ3n) is 1.93. The van der Waals surface area contributed by atoms with Crippen molar-refractivity contribution >= 4 is 35.5 Å². The molecule has 11 heavy (non-hydrogen) atoms. The summed E-state index contributed by atoms with van der Waals surface area (Å²) in [6.45, 7) is 0. The van der Waals surface area contributed by atoms with E-state index < -0.39 is 19.6 Å². The molecule has 0 aromatic carbocycles. The van der Waals surface area contributed by atoms with Crippen molar-refractivity contribution in [3.8, 4) is 0 Å². The van der Waals surface area contributed by atoms with Crippen molar-refractivity contribution in [3.05, 3.63) is 0 Å². The van der Waals surface area contributed by atoms with E-state index >= 15 is 0 Å². The summed E-state index contributed by atoms with van der Waals surface area (Å²) in [4.78, 5) is 0. The maximum absolute atomic E-state index is 3.48. The Balaban J connectivity index is 0.000001000. The minimum absolute atomic E-state index is 0. The summed E-state index contributed by atoms with van der Waals surface area (Å²) >= 11 is 3.07. The molecule has 1 saturated heterocycles. The first-order valence-electron chi connectivity index (χ1n) is 4.13. The normalized spacial score (nSPS) is 18.3. The smallest absolute Gasteiger partial charge is 1.00 e. The molecular weight excluding hydrogens is 383 g/mol. The molecule has 0 N–H and O–H groups in total. The molecule has 1 aliphatic rings. The zero-order valence-corrected chi connectivity index (χ0v) is 12.3. The second kappa shape index (κ2) is 8.35. The van der Waals surface area contributed by atoms with Gasteiger partial charge in [0.05, 0.1) is 0 Å². The van der Waals surface area contributed by atoms with Gasteiger partial charge in [-0.05, 0) is 0 Å². The third-order valence-corrected chi connectivity index (χ3v) is 9.91. The Morgan fingerprint density at radius 3 is 2.27 bits per heavy atom. The molecule has 3 heteroatoms. The van der Waals surface area contributed by atoms with Gasteiger partial charge >= 0.3 is 79.9 Å². The summed E-state index contributed by atoms with van der Waals surface area (Å²) in [5.74, 6) is 0. The van der Waals surface area contributed by atoms with Crippen molar-refractivity contribution < 1.29 is 17.0 Å². The molecule has 0 aromatic heterocycles. The van der Waals surface area contributed by atoms with Gasteiger partial charge in [-0.3, -0.25) is 0 Å². The molecule has 0 atom stereocenters. The van der Waals surface area contributed by atoms with E-state index in [-0.39, 0.29) is 17.0 Å². The van der Waals surface area contributed by atoms with Crippen LogP contribution in [0.15, 0.2) is 0 Å². The van der Waals surface area contributed by atoms with Crippen molar-refractivity contribution in [1.29, 1.82) is 0 Å². The van der Waals surface area contributed by atoms with Crippen LogP contribution in [-0.4, -0.2) is 24.9 Å². The van der Waals surface area contributed by atoms with Crippen LogP contribution < -0.4 is 17.0 Å². The fourth-order valence-electron chi connectivity index (χ4n) is 1.32. The number of hydrogen-bond acceptors (Lipinski definition) is 0. The molecule has 0 unspecified atom stereocenters. The average Bonchev–Trinajstić information content (AvgIpc) is 2.41. The van der Waals surface area contributed by atoms with Gasteiger partial charge < -0.3 is 17.0 Å². The molecular formula is C8H16Br2Te. The Labute approximate surface area is 96.1 Å². The zero-order chi connectivity index (χ0) is 7.23. The van der Waals surface area contributed by atoms with E-state index in [2.05, 4.69) is 15.9 Å². The first kappa shape index (κ1) is 12.7. The molecule has 0 aliphatic carbocycles. The second-order valence-corrected chi connectivity index (χ2v) is 10.6. The number of unbranched alkanes of at least 4 members (excludes halogenated alkanes) is 1. The van der Waals surface area contributed by atoms with Gasteiger partial charge in [-0.1, -0.05) is 0 Å². The average molecular weight is 400 g/mol. The SMILES string of the molecule is BrCCCC[Te+]1CCCC1.[Br-]. The molecule has 68 valence electrons. The molecule has 0 spiro atoms. The molecule has 1 aliphatic heterocycles. The topological polar surface area (TPSA) is 0 Å². The summed E-state index contributed by atoms with van der Waals surface area (Å²) in [5.41, 5.74) is 0. The summed E-state index contributed by atoms with van der Waals surface area (Å²) < 4.78 is 5.03. The molecule has 1 fully saturated rings. The summed E-state index contributed by atoms with van der Waals surface area (Å²) in [6.07, 6.45) is 6.08. The van der Waals surface area contributed by atoms with Crippen LogP contribution in [0.25, 0.3) is 0 Å². The van der Waals surface area contributed by atoms with Gasteiger partial charge in [0, 0.05) is 0 Å². The third kappa shape index (κ3) is 5.91. The minimum atomic E-state index is -0.409. The van der Waals surface area contributed by atoms with E-state index in [4.69, 9.17) is 0 Å². The Hall–Kier alpha value is 1.75. The van der Waals surface area contributed by atoms with E-state index in [1.165, 1.54) is 18.2 Å². The first-order chi connectivity index (χ1) is 4.93. The Morgan fingerprint density at radius 2 is 1.73 bits per heavy atom. The molecule has 0 aromatic rings. The van der Waals surface area contributed by atoms with Gasteiger partial charge in [0.15, 0.2) is 0 Å². The molecule has 1 heterocycles. The maximum atomic E-state index is 3.48. The first-order valence-corrected chi connectivity index (χ1v) is 10.2. The van der Waals surface area contributed by atoms with Crippen molar-refractivity contribution in [3.63, 3.8) is 0 Å². The van der Waals surface area contributed by atoms with Gasteiger partial charge in [0.25, 0.3) is 0 Å². The Bertz CT molecular complexity index is 82.2. The summed E-state index contributed by atoms with van der Waals surface area (Å²) in [5, 5.41) is 1.22. The number of hydrogen-bond donors (Lipinski definition) is 0. The Morgan fingerprint density at radius 1 is 1.09 bits per heavy atom. The Kier molecular flexibility index (Phi) is 9.68. The maximum Gasteiger partial charge on any atom is -1.00 e. The van der Waals surface area contributed by atoms with Crippen molar-refractivity contribution in [2.24, 2.45) is 0 Å². The zero-order valence-electron chi connectivity index (χ0n) is 6.82. The standard InChI is InChI=1S/C8H16BrTe.BrH/c9-5-1-2-6-10-7-3-4-8-10;/h1-8H2;1H/q+1;/p-1. The van der Waals surface area contributed by atoms with Crippen LogP contribution in [0.4, 0.5) is 0 Å². The molecule has 1 rings (SSSR count). The van der Waals surface area contributed by atoms with Crippen molar-refractivity contribution in [1.82, 2.24) is 0 Å². The van der Waals surface area contributed by atoms with Gasteiger partial charge in [-0.2, -0.15) is 0 Å². The fraction of sp³-hybridized carbons (Fsp3) is 1.00. The van der Waals surface area contributed by atoms with Crippen LogP contribution in [0.5, 0.6) is 0 Å². The van der Waals surface area contributed by atoms with Gasteiger partial charge in [0.2, 0.25) is 0 Å². The summed E-state index contributed by atoms with van der Waals surface area (Å²) in [6, 6.07) is 0. The number of alkyl halides is 1. The minimum Gasteiger partial charge on any atom is -1.00 e. The van der Waals surface area contributed by atoms with E-state index in [0.29, 0.717) is 0 Å². The number of rotatable bonds is 4. The van der Waals surface area contributed by atoms with Crippen molar-refractivity contribution in [2.75, 3.05) is 5.33 Å². The van der Waals surface area contributed by atoms with Crippen LogP contribution >= 0.6 is 15.9 Å². The van der Waals surface area contributed by atoms with Crippen LogP contribution in [0, 0.1) is 0 Å². The molecule has 0 saturated carbocycles. The largest absolute Gasteiger partial charge is 1.00 e. The van der Waals surface area contributed by atoms with Gasteiger partial charge in [-0.15, -0.1) is 0 Å². The van der Waals surface area contributed by atoms with E-state index in [0.717, 1.165) is 0 Å². The van der Waals surface area contributed by atoms with Gasteiger partial charge in [-0.25, -0.2) is 0 Å². The van der Waals surface area contributed by atoms with Crippen LogP contribution in [0.2, 0.25) is 13.4 Å². The van der Waals surface area contributed by atoms with Crippen LogP contribution in [0.3, 0.4) is 0 Å². The van der Waals surface area contributed by atoms with Crippen molar-refractivity contribution in [2.45, 2.75) is 39.1 Å². The summed E-state index contributed by atoms with van der Waals surface area (Å²) in [7, 11) is 0. The van der Waals surface area contributed by atoms with E-state index in [9.17, 15) is 0 Å². The van der Waals surface area contributed by atoms with Crippen LogP contribution in [0.1, 0.15) is 25.7 Å². The number of halogens is 2. The molecule has 0 nitrogen and oxygen atoms in total. The predicted octanol–water partition coefficient (Wildman–Crippen LogP) is 0.454. The monoisotopic (exact) mass is 400 g/mol. The van der Waals surface area contributed by atoms with Crippen LogP contribution in [-0.2, 0) is 0 Å². The second-order valence-electron chi connectivity index (χ2n) is 2.83. The predicted molar refractivity (Wildman–Crippen MR) is 52.4 cm³/mol. The molecule has 0 bridgehead atoms. The molecule has 0 radical (unpaired) electrons. The molecule has 0 amide bonds.